The summed E-state index contributed by atoms with van der Waals surface area (Å²) >= 11 is 0. The lowest BCUT2D eigenvalue weighted by molar-refractivity contribution is -0.147. The van der Waals surface area contributed by atoms with Crippen LogP contribution in [0.1, 0.15) is 38.0 Å². The minimum atomic E-state index is -0.464. The average Bonchev–Trinajstić information content (AvgIpc) is 3.01. The van der Waals surface area contributed by atoms with Crippen molar-refractivity contribution < 1.29 is 18.7 Å². The molecule has 1 N–H and O–H groups in total. The number of nitrogens with zero attached hydrogens (tertiary/aromatic N) is 2. The van der Waals surface area contributed by atoms with Crippen molar-refractivity contribution in [3.8, 4) is 0 Å². The fourth-order valence-corrected chi connectivity index (χ4v) is 3.74. The molecule has 7 heteroatoms. The molecule has 162 valence electrons. The van der Waals surface area contributed by atoms with Gasteiger partial charge >= 0.3 is 5.97 Å². The zero-order valence-electron chi connectivity index (χ0n) is 17.5. The third-order valence-corrected chi connectivity index (χ3v) is 5.37. The molecule has 0 saturated carbocycles. The number of aryl methyl sites for hydroxylation is 1. The van der Waals surface area contributed by atoms with E-state index >= 15 is 0 Å². The number of para-hydroxylation sites is 2. The van der Waals surface area contributed by atoms with Crippen molar-refractivity contribution in [1.82, 2.24) is 4.98 Å². The Labute approximate surface area is 181 Å². The molecule has 2 aromatic carbocycles. The van der Waals surface area contributed by atoms with E-state index in [1.165, 1.54) is 31.4 Å². The molecule has 31 heavy (non-hydrogen) atoms. The molecule has 0 radical (unpaired) electrons. The van der Waals surface area contributed by atoms with Crippen LogP contribution in [0.2, 0.25) is 0 Å². The highest BCUT2D eigenvalue weighted by atomic mass is 16.5. The minimum absolute atomic E-state index is 0.102. The number of nitrogens with one attached hydrogen (secondary N) is 1. The summed E-state index contributed by atoms with van der Waals surface area (Å²) in [4.78, 5) is 30.8. The van der Waals surface area contributed by atoms with Crippen molar-refractivity contribution in [3.05, 3.63) is 54.4 Å². The normalized spacial score (nSPS) is 14.3. The van der Waals surface area contributed by atoms with Gasteiger partial charge in [0.15, 0.2) is 18.1 Å². The number of hydrogen-bond donors (Lipinski definition) is 1. The molecular formula is C24H27N3O4. The third-order valence-electron chi connectivity index (χ3n) is 5.37. The largest absolute Gasteiger partial charge is 0.456 e. The van der Waals surface area contributed by atoms with E-state index in [9.17, 15) is 9.59 Å². The van der Waals surface area contributed by atoms with Gasteiger partial charge in [-0.1, -0.05) is 25.0 Å². The molecule has 1 aliphatic heterocycles. The number of carbonyl (C=O) groups is 2. The maximum absolute atomic E-state index is 12.1. The van der Waals surface area contributed by atoms with E-state index in [1.54, 1.807) is 0 Å². The lowest BCUT2D eigenvalue weighted by Crippen LogP contribution is -2.24. The molecule has 0 atom stereocenters. The van der Waals surface area contributed by atoms with Crippen molar-refractivity contribution >= 4 is 34.4 Å². The molecule has 0 bridgehead atoms. The van der Waals surface area contributed by atoms with E-state index in [4.69, 9.17) is 9.15 Å². The van der Waals surface area contributed by atoms with Crippen LogP contribution >= 0.6 is 0 Å². The number of anilines is 2. The van der Waals surface area contributed by atoms with E-state index in [0.717, 1.165) is 18.6 Å². The van der Waals surface area contributed by atoms with E-state index in [0.29, 0.717) is 23.6 Å². The maximum atomic E-state index is 12.1. The molecule has 0 aliphatic carbocycles. The number of amides is 1. The maximum Gasteiger partial charge on any atom is 0.306 e. The molecule has 0 spiro atoms. The first-order chi connectivity index (χ1) is 15.2. The van der Waals surface area contributed by atoms with Gasteiger partial charge in [-0.15, -0.1) is 0 Å². The minimum Gasteiger partial charge on any atom is -0.456 e. The lowest BCUT2D eigenvalue weighted by Gasteiger charge is -2.22. The Morgan fingerprint density at radius 3 is 2.48 bits per heavy atom. The molecule has 0 unspecified atom stereocenters. The molecule has 1 saturated heterocycles. The van der Waals surface area contributed by atoms with Crippen LogP contribution in [0.4, 0.5) is 11.4 Å². The summed E-state index contributed by atoms with van der Waals surface area (Å²) in [7, 11) is 0. The van der Waals surface area contributed by atoms with Crippen LogP contribution in [0, 0.1) is 0 Å². The van der Waals surface area contributed by atoms with Gasteiger partial charge in [0.25, 0.3) is 5.91 Å². The second kappa shape index (κ2) is 10.1. The molecule has 1 amide bonds. The molecule has 3 aromatic rings. The van der Waals surface area contributed by atoms with Gasteiger partial charge in [-0.3, -0.25) is 9.59 Å². The summed E-state index contributed by atoms with van der Waals surface area (Å²) in [5.41, 5.74) is 3.30. The van der Waals surface area contributed by atoms with Gasteiger partial charge in [0, 0.05) is 30.9 Å². The number of ether oxygens (including phenoxy) is 1. The number of oxazole rings is 1. The number of esters is 1. The summed E-state index contributed by atoms with van der Waals surface area (Å²) in [5.74, 6) is -0.348. The van der Waals surface area contributed by atoms with E-state index in [2.05, 4.69) is 15.2 Å². The monoisotopic (exact) mass is 421 g/mol. The fourth-order valence-electron chi connectivity index (χ4n) is 3.74. The Kier molecular flexibility index (Phi) is 6.82. The zero-order chi connectivity index (χ0) is 21.5. The molecule has 1 aromatic heterocycles. The molecule has 2 heterocycles. The molecule has 1 aliphatic rings. The second-order valence-electron chi connectivity index (χ2n) is 7.73. The Morgan fingerprint density at radius 1 is 1.00 bits per heavy atom. The smallest absolute Gasteiger partial charge is 0.306 e. The number of fused-ring (bicyclic) bond motifs is 1. The molecule has 7 nitrogen and oxygen atoms in total. The van der Waals surface area contributed by atoms with Crippen molar-refractivity contribution in [3.63, 3.8) is 0 Å². The van der Waals surface area contributed by atoms with E-state index in [1.807, 2.05) is 48.5 Å². The number of carbonyl (C=O) groups excluding carboxylic acids is 2. The van der Waals surface area contributed by atoms with Gasteiger partial charge in [-0.2, -0.15) is 0 Å². The van der Waals surface area contributed by atoms with Gasteiger partial charge < -0.3 is 19.4 Å². The van der Waals surface area contributed by atoms with Crippen molar-refractivity contribution in [2.75, 3.05) is 29.9 Å². The Hall–Kier alpha value is -3.35. The summed E-state index contributed by atoms with van der Waals surface area (Å²) in [6.07, 6.45) is 5.44. The van der Waals surface area contributed by atoms with E-state index < -0.39 is 5.97 Å². The standard InChI is InChI=1S/C24H27N3O4/c28-22(25-18-9-11-19(12-10-18)27-15-5-1-2-6-16-27)17-30-24(29)14-13-23-26-20-7-3-4-8-21(20)31-23/h3-4,7-12H,1-2,5-6,13-17H2,(H,25,28). The first-order valence-corrected chi connectivity index (χ1v) is 10.8. The van der Waals surface area contributed by atoms with Crippen LogP contribution in [-0.4, -0.2) is 36.6 Å². The Bertz CT molecular complexity index is 988. The molecular weight excluding hydrogens is 394 g/mol. The zero-order valence-corrected chi connectivity index (χ0v) is 17.5. The van der Waals surface area contributed by atoms with Crippen LogP contribution < -0.4 is 10.2 Å². The number of hydrogen-bond acceptors (Lipinski definition) is 6. The van der Waals surface area contributed by atoms with Crippen LogP contribution in [0.25, 0.3) is 11.1 Å². The number of aromatic nitrogens is 1. The summed E-state index contributed by atoms with van der Waals surface area (Å²) in [6, 6.07) is 15.2. The SMILES string of the molecule is O=C(COC(=O)CCc1nc2ccccc2o1)Nc1ccc(N2CCCCCC2)cc1. The lowest BCUT2D eigenvalue weighted by atomic mass is 10.2. The molecule has 1 fully saturated rings. The van der Waals surface area contributed by atoms with Crippen molar-refractivity contribution in [1.29, 1.82) is 0 Å². The Balaban J connectivity index is 1.20. The number of rotatable bonds is 7. The van der Waals surface area contributed by atoms with Gasteiger partial charge in [-0.25, -0.2) is 4.98 Å². The fraction of sp³-hybridized carbons (Fsp3) is 0.375. The Morgan fingerprint density at radius 2 is 1.74 bits per heavy atom. The van der Waals surface area contributed by atoms with Gasteiger partial charge in [0.05, 0.1) is 6.42 Å². The summed E-state index contributed by atoms with van der Waals surface area (Å²) in [6.45, 7) is 1.83. The van der Waals surface area contributed by atoms with Crippen molar-refractivity contribution in [2.24, 2.45) is 0 Å². The van der Waals surface area contributed by atoms with Crippen LogP contribution in [0.5, 0.6) is 0 Å². The van der Waals surface area contributed by atoms with Gasteiger partial charge in [0.1, 0.15) is 5.52 Å². The summed E-state index contributed by atoms with van der Waals surface area (Å²) in [5, 5.41) is 2.77. The number of benzene rings is 2. The second-order valence-corrected chi connectivity index (χ2v) is 7.73. The first kappa shape index (κ1) is 20.9. The van der Waals surface area contributed by atoms with E-state index in [-0.39, 0.29) is 18.9 Å². The van der Waals surface area contributed by atoms with Crippen LogP contribution in [0.3, 0.4) is 0 Å². The highest BCUT2D eigenvalue weighted by Crippen LogP contribution is 2.21. The quantitative estimate of drug-likeness (QED) is 0.572. The first-order valence-electron chi connectivity index (χ1n) is 10.8. The predicted molar refractivity (Wildman–Crippen MR) is 119 cm³/mol. The van der Waals surface area contributed by atoms with Gasteiger partial charge in [0.2, 0.25) is 0 Å². The summed E-state index contributed by atoms with van der Waals surface area (Å²) < 4.78 is 10.7. The van der Waals surface area contributed by atoms with Crippen LogP contribution in [0.15, 0.2) is 52.9 Å². The third kappa shape index (κ3) is 5.84. The molecule has 4 rings (SSSR count). The van der Waals surface area contributed by atoms with Crippen molar-refractivity contribution in [2.45, 2.75) is 38.5 Å². The topological polar surface area (TPSA) is 84.7 Å². The highest BCUT2D eigenvalue weighted by molar-refractivity contribution is 5.93. The average molecular weight is 421 g/mol. The predicted octanol–water partition coefficient (Wildman–Crippen LogP) is 4.32. The van der Waals surface area contributed by atoms with Gasteiger partial charge in [-0.05, 0) is 49.2 Å². The van der Waals surface area contributed by atoms with Crippen LogP contribution in [-0.2, 0) is 20.7 Å². The highest BCUT2D eigenvalue weighted by Gasteiger charge is 2.13.